The molecule has 2 aromatic rings. The van der Waals surface area contributed by atoms with Gasteiger partial charge in [-0.2, -0.15) is 0 Å². The summed E-state index contributed by atoms with van der Waals surface area (Å²) < 4.78 is 0. The van der Waals surface area contributed by atoms with E-state index in [1.54, 1.807) is 12.1 Å². The monoisotopic (exact) mass is 366 g/mol. The van der Waals surface area contributed by atoms with E-state index in [4.69, 9.17) is 0 Å². The maximum Gasteiger partial charge on any atom is 0.0685 e. The van der Waals surface area contributed by atoms with Crippen molar-refractivity contribution in [2.24, 2.45) is 0 Å². The SMILES string of the molecule is CCCCCC(C)(O)Cc1cccc(C#Cc2ccc(CO)c(CO)c2)c1. The molecule has 1 unspecified atom stereocenters. The highest BCUT2D eigenvalue weighted by molar-refractivity contribution is 5.46. The summed E-state index contributed by atoms with van der Waals surface area (Å²) in [6.45, 7) is 3.86. The fourth-order valence-corrected chi connectivity index (χ4v) is 3.19. The molecule has 1 atom stereocenters. The first-order chi connectivity index (χ1) is 13.0. The average molecular weight is 367 g/mol. The zero-order valence-electron chi connectivity index (χ0n) is 16.3. The maximum atomic E-state index is 10.6. The van der Waals surface area contributed by atoms with E-state index in [1.165, 1.54) is 0 Å². The molecule has 2 rings (SSSR count). The van der Waals surface area contributed by atoms with Crippen LogP contribution in [-0.2, 0) is 19.6 Å². The molecule has 3 nitrogen and oxygen atoms in total. The van der Waals surface area contributed by atoms with Crippen LogP contribution in [0.4, 0.5) is 0 Å². The molecule has 0 aliphatic heterocycles. The predicted octanol–water partition coefficient (Wildman–Crippen LogP) is 3.94. The van der Waals surface area contributed by atoms with E-state index in [-0.39, 0.29) is 13.2 Å². The maximum absolute atomic E-state index is 10.6. The summed E-state index contributed by atoms with van der Waals surface area (Å²) in [4.78, 5) is 0. The van der Waals surface area contributed by atoms with Crippen LogP contribution in [0.3, 0.4) is 0 Å². The molecule has 3 heteroatoms. The smallest absolute Gasteiger partial charge is 0.0685 e. The molecule has 3 N–H and O–H groups in total. The van der Waals surface area contributed by atoms with Gasteiger partial charge in [-0.3, -0.25) is 0 Å². The summed E-state index contributed by atoms with van der Waals surface area (Å²) in [6.07, 6.45) is 4.76. The van der Waals surface area contributed by atoms with Crippen molar-refractivity contribution in [3.63, 3.8) is 0 Å². The van der Waals surface area contributed by atoms with Crippen LogP contribution < -0.4 is 0 Å². The van der Waals surface area contributed by atoms with Crippen molar-refractivity contribution in [3.05, 3.63) is 70.3 Å². The first-order valence-electron chi connectivity index (χ1n) is 9.64. The Balaban J connectivity index is 2.11. The highest BCUT2D eigenvalue weighted by Gasteiger charge is 2.20. The molecule has 2 aromatic carbocycles. The predicted molar refractivity (Wildman–Crippen MR) is 109 cm³/mol. The Labute approximate surface area is 162 Å². The van der Waals surface area contributed by atoms with Crippen LogP contribution in [-0.4, -0.2) is 20.9 Å². The number of hydrogen-bond acceptors (Lipinski definition) is 3. The minimum atomic E-state index is -0.697. The second kappa shape index (κ2) is 10.3. The van der Waals surface area contributed by atoms with Crippen molar-refractivity contribution in [1.29, 1.82) is 0 Å². The van der Waals surface area contributed by atoms with Gasteiger partial charge in [0.2, 0.25) is 0 Å². The minimum absolute atomic E-state index is 0.0934. The summed E-state index contributed by atoms with van der Waals surface area (Å²) in [6, 6.07) is 13.4. The molecule has 0 aliphatic carbocycles. The molecular weight excluding hydrogens is 336 g/mol. The number of aliphatic hydroxyl groups is 3. The van der Waals surface area contributed by atoms with Crippen LogP contribution in [0.1, 0.15) is 67.3 Å². The Hall–Kier alpha value is -2.12. The molecule has 27 heavy (non-hydrogen) atoms. The molecule has 0 heterocycles. The van der Waals surface area contributed by atoms with Gasteiger partial charge in [-0.15, -0.1) is 0 Å². The van der Waals surface area contributed by atoms with Crippen LogP contribution in [0.5, 0.6) is 0 Å². The van der Waals surface area contributed by atoms with E-state index >= 15 is 0 Å². The van der Waals surface area contributed by atoms with Crippen LogP contribution in [0.15, 0.2) is 42.5 Å². The van der Waals surface area contributed by atoms with Gasteiger partial charge in [0.1, 0.15) is 0 Å². The Bertz CT molecular complexity index is 797. The van der Waals surface area contributed by atoms with Crippen LogP contribution in [0, 0.1) is 11.8 Å². The second-order valence-electron chi connectivity index (χ2n) is 7.38. The number of aliphatic hydroxyl groups excluding tert-OH is 2. The molecule has 144 valence electrons. The van der Waals surface area contributed by atoms with Crippen molar-refractivity contribution in [3.8, 4) is 11.8 Å². The molecular formula is C24H30O3. The zero-order chi connectivity index (χ0) is 19.7. The number of rotatable bonds is 8. The first kappa shape index (κ1) is 21.2. The molecule has 0 saturated heterocycles. The summed E-state index contributed by atoms with van der Waals surface area (Å²) in [5.74, 6) is 6.27. The fourth-order valence-electron chi connectivity index (χ4n) is 3.19. The topological polar surface area (TPSA) is 60.7 Å². The number of unbranched alkanes of at least 4 members (excludes halogenated alkanes) is 2. The quantitative estimate of drug-likeness (QED) is 0.490. The van der Waals surface area contributed by atoms with Gasteiger partial charge in [-0.1, -0.05) is 56.2 Å². The van der Waals surface area contributed by atoms with E-state index in [2.05, 4.69) is 18.8 Å². The minimum Gasteiger partial charge on any atom is -0.392 e. The number of hydrogen-bond donors (Lipinski definition) is 3. The zero-order valence-corrected chi connectivity index (χ0v) is 16.3. The van der Waals surface area contributed by atoms with Gasteiger partial charge < -0.3 is 15.3 Å². The molecule has 0 saturated carbocycles. The summed E-state index contributed by atoms with van der Waals surface area (Å²) in [7, 11) is 0. The second-order valence-corrected chi connectivity index (χ2v) is 7.38. The molecule has 0 amide bonds. The van der Waals surface area contributed by atoms with E-state index < -0.39 is 5.60 Å². The van der Waals surface area contributed by atoms with Crippen LogP contribution in [0.2, 0.25) is 0 Å². The van der Waals surface area contributed by atoms with Crippen LogP contribution >= 0.6 is 0 Å². The molecule has 0 spiro atoms. The van der Waals surface area contributed by atoms with Crippen molar-refractivity contribution < 1.29 is 15.3 Å². The lowest BCUT2D eigenvalue weighted by molar-refractivity contribution is 0.0486. The van der Waals surface area contributed by atoms with Crippen LogP contribution in [0.25, 0.3) is 0 Å². The average Bonchev–Trinajstić information content (AvgIpc) is 2.66. The van der Waals surface area contributed by atoms with Gasteiger partial charge in [-0.25, -0.2) is 0 Å². The normalized spacial score (nSPS) is 12.9. The van der Waals surface area contributed by atoms with E-state index in [9.17, 15) is 15.3 Å². The third kappa shape index (κ3) is 6.84. The molecule has 0 radical (unpaired) electrons. The third-order valence-corrected chi connectivity index (χ3v) is 4.73. The van der Waals surface area contributed by atoms with Crippen molar-refractivity contribution in [2.45, 2.75) is 64.8 Å². The lowest BCUT2D eigenvalue weighted by Gasteiger charge is -2.23. The lowest BCUT2D eigenvalue weighted by atomic mass is 9.90. The Morgan fingerprint density at radius 3 is 2.26 bits per heavy atom. The van der Waals surface area contributed by atoms with Crippen molar-refractivity contribution in [1.82, 2.24) is 0 Å². The Kier molecular flexibility index (Phi) is 8.06. The van der Waals surface area contributed by atoms with Gasteiger partial charge in [0, 0.05) is 17.5 Å². The standard InChI is InChI=1S/C24H30O3/c1-3-4-5-13-24(2,27)16-21-8-6-7-19(14-21)9-10-20-11-12-22(17-25)23(15-20)18-26/h6-8,11-12,14-15,25-27H,3-5,13,16-18H2,1-2H3. The molecule has 0 aromatic heterocycles. The van der Waals surface area contributed by atoms with Crippen molar-refractivity contribution in [2.75, 3.05) is 0 Å². The van der Waals surface area contributed by atoms with Gasteiger partial charge >= 0.3 is 0 Å². The van der Waals surface area contributed by atoms with E-state index in [1.807, 2.05) is 37.3 Å². The van der Waals surface area contributed by atoms with E-state index in [0.29, 0.717) is 12.0 Å². The van der Waals surface area contributed by atoms with Gasteiger partial charge in [0.15, 0.2) is 0 Å². The first-order valence-corrected chi connectivity index (χ1v) is 9.64. The fraction of sp³-hybridized carbons (Fsp3) is 0.417. The Morgan fingerprint density at radius 2 is 1.59 bits per heavy atom. The molecule has 0 aliphatic rings. The number of benzene rings is 2. The van der Waals surface area contributed by atoms with E-state index in [0.717, 1.165) is 47.9 Å². The third-order valence-electron chi connectivity index (χ3n) is 4.73. The van der Waals surface area contributed by atoms with Gasteiger partial charge in [-0.05, 0) is 54.3 Å². The summed E-state index contributed by atoms with van der Waals surface area (Å²) >= 11 is 0. The molecule has 0 bridgehead atoms. The van der Waals surface area contributed by atoms with Gasteiger partial charge in [0.25, 0.3) is 0 Å². The van der Waals surface area contributed by atoms with Gasteiger partial charge in [0.05, 0.1) is 18.8 Å². The highest BCUT2D eigenvalue weighted by atomic mass is 16.3. The summed E-state index contributed by atoms with van der Waals surface area (Å²) in [5, 5.41) is 29.3. The lowest BCUT2D eigenvalue weighted by Crippen LogP contribution is -2.27. The molecule has 0 fully saturated rings. The largest absolute Gasteiger partial charge is 0.392 e. The summed E-state index contributed by atoms with van der Waals surface area (Å²) in [5.41, 5.74) is 3.49. The van der Waals surface area contributed by atoms with Crippen molar-refractivity contribution >= 4 is 0 Å². The Morgan fingerprint density at radius 1 is 0.889 bits per heavy atom. The highest BCUT2D eigenvalue weighted by Crippen LogP contribution is 2.21.